The van der Waals surface area contributed by atoms with Gasteiger partial charge in [-0.15, -0.1) is 0 Å². The third kappa shape index (κ3) is 3.14. The molecule has 1 aromatic rings. The molecule has 0 saturated heterocycles. The molecule has 0 fully saturated rings. The minimum absolute atomic E-state index is 0.463. The number of methoxy groups -OCH3 is 1. The van der Waals surface area contributed by atoms with Crippen molar-refractivity contribution in [1.29, 1.82) is 0 Å². The molecule has 3 heteroatoms. The van der Waals surface area contributed by atoms with Crippen molar-refractivity contribution in [1.82, 2.24) is 0 Å². The third-order valence-electron chi connectivity index (χ3n) is 2.69. The fourth-order valence-corrected chi connectivity index (χ4v) is 1.68. The van der Waals surface area contributed by atoms with Gasteiger partial charge in [0.15, 0.2) is 0 Å². The Morgan fingerprint density at radius 2 is 2.06 bits per heavy atom. The molecule has 0 bridgehead atoms. The summed E-state index contributed by atoms with van der Waals surface area (Å²) in [5, 5.41) is 3.41. The summed E-state index contributed by atoms with van der Waals surface area (Å²) < 4.78 is 5.38. The molecule has 0 aliphatic heterocycles. The summed E-state index contributed by atoms with van der Waals surface area (Å²) in [4.78, 5) is 0. The Hall–Kier alpha value is -1.22. The molecule has 90 valence electrons. The molecule has 0 saturated carbocycles. The van der Waals surface area contributed by atoms with Crippen molar-refractivity contribution in [2.75, 3.05) is 25.5 Å². The van der Waals surface area contributed by atoms with E-state index in [0.29, 0.717) is 12.5 Å². The third-order valence-corrected chi connectivity index (χ3v) is 2.69. The molecule has 1 atom stereocenters. The molecule has 3 N–H and O–H groups in total. The standard InChI is InChI=1S/C13H22N2O/c1-9-5-11(3)13(12(6-9)16-4)15-8-10(2)7-14/h5-6,10,15H,7-8,14H2,1-4H3. The maximum Gasteiger partial charge on any atom is 0.142 e. The zero-order chi connectivity index (χ0) is 12.1. The number of nitrogens with two attached hydrogens (primary N) is 1. The molecule has 1 unspecified atom stereocenters. The van der Waals surface area contributed by atoms with E-state index in [0.717, 1.165) is 18.0 Å². The minimum Gasteiger partial charge on any atom is -0.495 e. The zero-order valence-electron chi connectivity index (χ0n) is 10.6. The smallest absolute Gasteiger partial charge is 0.142 e. The van der Waals surface area contributed by atoms with Gasteiger partial charge in [0.2, 0.25) is 0 Å². The molecule has 3 nitrogen and oxygen atoms in total. The molecule has 0 spiro atoms. The number of aryl methyl sites for hydroxylation is 2. The van der Waals surface area contributed by atoms with E-state index in [1.54, 1.807) is 7.11 Å². The average molecular weight is 222 g/mol. The maximum absolute atomic E-state index is 5.60. The van der Waals surface area contributed by atoms with Gasteiger partial charge < -0.3 is 15.8 Å². The quantitative estimate of drug-likeness (QED) is 0.803. The lowest BCUT2D eigenvalue weighted by Crippen LogP contribution is -2.20. The van der Waals surface area contributed by atoms with Gasteiger partial charge in [-0.25, -0.2) is 0 Å². The molecule has 0 aliphatic carbocycles. The molecule has 16 heavy (non-hydrogen) atoms. The van der Waals surface area contributed by atoms with Crippen molar-refractivity contribution >= 4 is 5.69 Å². The van der Waals surface area contributed by atoms with Gasteiger partial charge in [0.1, 0.15) is 5.75 Å². The van der Waals surface area contributed by atoms with E-state index < -0.39 is 0 Å². The van der Waals surface area contributed by atoms with Gasteiger partial charge in [-0.1, -0.05) is 13.0 Å². The van der Waals surface area contributed by atoms with Crippen molar-refractivity contribution in [2.24, 2.45) is 11.7 Å². The number of hydrogen-bond donors (Lipinski definition) is 2. The lowest BCUT2D eigenvalue weighted by atomic mass is 10.1. The van der Waals surface area contributed by atoms with Gasteiger partial charge in [0, 0.05) is 6.54 Å². The van der Waals surface area contributed by atoms with Crippen LogP contribution in [-0.4, -0.2) is 20.2 Å². The van der Waals surface area contributed by atoms with E-state index in [2.05, 4.69) is 32.2 Å². The summed E-state index contributed by atoms with van der Waals surface area (Å²) in [6, 6.07) is 4.19. The molecule has 1 rings (SSSR count). The highest BCUT2D eigenvalue weighted by Crippen LogP contribution is 2.29. The fraction of sp³-hybridized carbons (Fsp3) is 0.538. The Morgan fingerprint density at radius 3 is 2.62 bits per heavy atom. The summed E-state index contributed by atoms with van der Waals surface area (Å²) >= 11 is 0. The average Bonchev–Trinajstić information content (AvgIpc) is 2.26. The number of rotatable bonds is 5. The Kier molecular flexibility index (Phi) is 4.62. The second-order valence-corrected chi connectivity index (χ2v) is 4.38. The van der Waals surface area contributed by atoms with Gasteiger partial charge in [-0.05, 0) is 43.5 Å². The normalized spacial score (nSPS) is 12.3. The second-order valence-electron chi connectivity index (χ2n) is 4.38. The minimum atomic E-state index is 0.463. The van der Waals surface area contributed by atoms with Crippen LogP contribution in [0.25, 0.3) is 0 Å². The topological polar surface area (TPSA) is 47.3 Å². The van der Waals surface area contributed by atoms with Crippen LogP contribution in [-0.2, 0) is 0 Å². The first kappa shape index (κ1) is 12.8. The lowest BCUT2D eigenvalue weighted by molar-refractivity contribution is 0.415. The van der Waals surface area contributed by atoms with Gasteiger partial charge in [0.05, 0.1) is 12.8 Å². The van der Waals surface area contributed by atoms with Gasteiger partial charge in [-0.2, -0.15) is 0 Å². The summed E-state index contributed by atoms with van der Waals surface area (Å²) in [5.41, 5.74) is 9.10. The maximum atomic E-state index is 5.60. The molecular weight excluding hydrogens is 200 g/mol. The highest BCUT2D eigenvalue weighted by atomic mass is 16.5. The highest BCUT2D eigenvalue weighted by Gasteiger charge is 2.08. The summed E-state index contributed by atoms with van der Waals surface area (Å²) in [6.07, 6.45) is 0. The number of nitrogens with one attached hydrogen (secondary N) is 1. The van der Waals surface area contributed by atoms with Crippen LogP contribution in [0.5, 0.6) is 5.75 Å². The van der Waals surface area contributed by atoms with Crippen LogP contribution in [0, 0.1) is 19.8 Å². The van der Waals surface area contributed by atoms with Crippen LogP contribution >= 0.6 is 0 Å². The summed E-state index contributed by atoms with van der Waals surface area (Å²) in [6.45, 7) is 7.85. The van der Waals surface area contributed by atoms with Crippen LogP contribution in [0.2, 0.25) is 0 Å². The zero-order valence-corrected chi connectivity index (χ0v) is 10.6. The summed E-state index contributed by atoms with van der Waals surface area (Å²) in [5.74, 6) is 1.37. The highest BCUT2D eigenvalue weighted by molar-refractivity contribution is 5.63. The molecule has 0 heterocycles. The molecule has 0 amide bonds. The molecular formula is C13H22N2O. The fourth-order valence-electron chi connectivity index (χ4n) is 1.68. The van der Waals surface area contributed by atoms with Crippen LogP contribution in [0.1, 0.15) is 18.1 Å². The monoisotopic (exact) mass is 222 g/mol. The van der Waals surface area contributed by atoms with Crippen LogP contribution < -0.4 is 15.8 Å². The van der Waals surface area contributed by atoms with E-state index in [1.807, 2.05) is 6.07 Å². The number of hydrogen-bond acceptors (Lipinski definition) is 3. The molecule has 0 radical (unpaired) electrons. The predicted molar refractivity (Wildman–Crippen MR) is 69.2 cm³/mol. The van der Waals surface area contributed by atoms with Crippen LogP contribution in [0.15, 0.2) is 12.1 Å². The Morgan fingerprint density at radius 1 is 1.38 bits per heavy atom. The van der Waals surface area contributed by atoms with Crippen molar-refractivity contribution in [3.8, 4) is 5.75 Å². The van der Waals surface area contributed by atoms with E-state index in [4.69, 9.17) is 10.5 Å². The first-order valence-electron chi connectivity index (χ1n) is 5.67. The number of anilines is 1. The first-order chi connectivity index (χ1) is 7.58. The SMILES string of the molecule is COc1cc(C)cc(C)c1NCC(C)CN. The van der Waals surface area contributed by atoms with Gasteiger partial charge in [0.25, 0.3) is 0 Å². The number of benzene rings is 1. The van der Waals surface area contributed by atoms with Crippen molar-refractivity contribution in [3.05, 3.63) is 23.3 Å². The number of ether oxygens (including phenoxy) is 1. The van der Waals surface area contributed by atoms with Gasteiger partial charge >= 0.3 is 0 Å². The van der Waals surface area contributed by atoms with Crippen molar-refractivity contribution < 1.29 is 4.74 Å². The Balaban J connectivity index is 2.85. The molecule has 0 aromatic heterocycles. The Bertz CT molecular complexity index is 350. The second kappa shape index (κ2) is 5.75. The predicted octanol–water partition coefficient (Wildman–Crippen LogP) is 2.32. The van der Waals surface area contributed by atoms with Gasteiger partial charge in [-0.3, -0.25) is 0 Å². The molecule has 0 aliphatic rings. The van der Waals surface area contributed by atoms with Crippen molar-refractivity contribution in [2.45, 2.75) is 20.8 Å². The van der Waals surface area contributed by atoms with E-state index in [-0.39, 0.29) is 0 Å². The van der Waals surface area contributed by atoms with Crippen LogP contribution in [0.4, 0.5) is 5.69 Å². The first-order valence-corrected chi connectivity index (χ1v) is 5.67. The van der Waals surface area contributed by atoms with Crippen LogP contribution in [0.3, 0.4) is 0 Å². The van der Waals surface area contributed by atoms with E-state index in [9.17, 15) is 0 Å². The largest absolute Gasteiger partial charge is 0.495 e. The lowest BCUT2D eigenvalue weighted by Gasteiger charge is -2.17. The van der Waals surface area contributed by atoms with Crippen molar-refractivity contribution in [3.63, 3.8) is 0 Å². The Labute approximate surface area is 98.0 Å². The molecule has 1 aromatic carbocycles. The van der Waals surface area contributed by atoms with E-state index in [1.165, 1.54) is 11.1 Å². The van der Waals surface area contributed by atoms with E-state index >= 15 is 0 Å². The summed E-state index contributed by atoms with van der Waals surface area (Å²) in [7, 11) is 1.70.